The molecule has 0 spiro atoms. The van der Waals surface area contributed by atoms with Gasteiger partial charge in [-0.05, 0) is 61.4 Å². The number of thiophene rings is 1. The van der Waals surface area contributed by atoms with Gasteiger partial charge in [-0.1, -0.05) is 0 Å². The van der Waals surface area contributed by atoms with Gasteiger partial charge in [0.25, 0.3) is 0 Å². The van der Waals surface area contributed by atoms with Crippen molar-refractivity contribution < 1.29 is 9.47 Å². The zero-order valence-corrected chi connectivity index (χ0v) is 21.2. The molecule has 5 rings (SSSR count). The van der Waals surface area contributed by atoms with Gasteiger partial charge >= 0.3 is 0 Å². The number of nitriles is 1. The summed E-state index contributed by atoms with van der Waals surface area (Å²) in [6, 6.07) is 8.25. The number of nitrogens with one attached hydrogen (secondary N) is 1. The molecule has 0 amide bonds. The maximum Gasteiger partial charge on any atom is 0.232 e. The monoisotopic (exact) mass is 492 g/mol. The molecule has 0 atom stereocenters. The summed E-state index contributed by atoms with van der Waals surface area (Å²) >= 11 is 1.59. The molecule has 0 aliphatic carbocycles. The standard InChI is InChI=1S/C26H32N6O2S/c1-18-15-20(17-27)16-19(2)23(18)34-24-22-5-14-35-25(22)30-26(29-24)28-21-3-6-31(7-4-21)8-9-32-10-12-33-13-11-32/h5,14-16,21H,3-4,6-13H2,1-2H3,(H,28,29,30). The van der Waals surface area contributed by atoms with Crippen molar-refractivity contribution in [2.45, 2.75) is 32.7 Å². The van der Waals surface area contributed by atoms with Gasteiger partial charge in [0.05, 0.1) is 30.2 Å². The van der Waals surface area contributed by atoms with Crippen LogP contribution in [0.3, 0.4) is 0 Å². The van der Waals surface area contributed by atoms with Gasteiger partial charge in [-0.2, -0.15) is 10.2 Å². The van der Waals surface area contributed by atoms with Crippen molar-refractivity contribution in [2.24, 2.45) is 0 Å². The topological polar surface area (TPSA) is 86.5 Å². The van der Waals surface area contributed by atoms with Crippen molar-refractivity contribution >= 4 is 27.5 Å². The first-order chi connectivity index (χ1) is 17.1. The number of hydrogen-bond donors (Lipinski definition) is 1. The first-order valence-electron chi connectivity index (χ1n) is 12.3. The molecule has 1 aromatic carbocycles. The zero-order valence-electron chi connectivity index (χ0n) is 20.4. The average molecular weight is 493 g/mol. The largest absolute Gasteiger partial charge is 0.438 e. The number of aryl methyl sites for hydroxylation is 2. The Morgan fingerprint density at radius 3 is 2.46 bits per heavy atom. The number of aromatic nitrogens is 2. The maximum atomic E-state index is 9.25. The number of fused-ring (bicyclic) bond motifs is 1. The minimum atomic E-state index is 0.346. The summed E-state index contributed by atoms with van der Waals surface area (Å²) in [7, 11) is 0. The fraction of sp³-hybridized carbons (Fsp3) is 0.500. The molecular formula is C26H32N6O2S. The molecule has 2 saturated heterocycles. The van der Waals surface area contributed by atoms with Gasteiger partial charge in [0, 0.05) is 45.3 Å². The molecule has 1 N–H and O–H groups in total. The Hall–Kier alpha value is -2.77. The third-order valence-corrected chi connectivity index (χ3v) is 7.64. The van der Waals surface area contributed by atoms with E-state index in [0.717, 1.165) is 92.4 Å². The molecule has 2 fully saturated rings. The van der Waals surface area contributed by atoms with Crippen LogP contribution in [0.5, 0.6) is 11.6 Å². The van der Waals surface area contributed by atoms with Gasteiger partial charge in [-0.15, -0.1) is 11.3 Å². The van der Waals surface area contributed by atoms with Gasteiger partial charge in [0.2, 0.25) is 11.8 Å². The van der Waals surface area contributed by atoms with Crippen LogP contribution in [0.1, 0.15) is 29.5 Å². The van der Waals surface area contributed by atoms with Crippen LogP contribution < -0.4 is 10.1 Å². The van der Waals surface area contributed by atoms with Crippen molar-refractivity contribution in [3.05, 3.63) is 40.3 Å². The van der Waals surface area contributed by atoms with Crippen molar-refractivity contribution in [1.29, 1.82) is 5.26 Å². The lowest BCUT2D eigenvalue weighted by Crippen LogP contribution is -2.45. The Morgan fingerprint density at radius 2 is 1.77 bits per heavy atom. The number of ether oxygens (including phenoxy) is 2. The van der Waals surface area contributed by atoms with Gasteiger partial charge in [-0.3, -0.25) is 4.90 Å². The summed E-state index contributed by atoms with van der Waals surface area (Å²) in [6.07, 6.45) is 2.14. The van der Waals surface area contributed by atoms with E-state index in [9.17, 15) is 5.26 Å². The van der Waals surface area contributed by atoms with Crippen molar-refractivity contribution in [2.75, 3.05) is 57.8 Å². The Kier molecular flexibility index (Phi) is 7.44. The molecule has 2 aliphatic heterocycles. The molecule has 0 bridgehead atoms. The number of nitrogens with zero attached hydrogens (tertiary/aromatic N) is 5. The summed E-state index contributed by atoms with van der Waals surface area (Å²) in [5, 5.41) is 15.7. The lowest BCUT2D eigenvalue weighted by Gasteiger charge is -2.34. The molecule has 9 heteroatoms. The summed E-state index contributed by atoms with van der Waals surface area (Å²) < 4.78 is 11.8. The zero-order chi connectivity index (χ0) is 24.2. The fourth-order valence-electron chi connectivity index (χ4n) is 4.83. The Morgan fingerprint density at radius 1 is 1.09 bits per heavy atom. The molecule has 35 heavy (non-hydrogen) atoms. The van der Waals surface area contributed by atoms with Crippen LogP contribution in [0.2, 0.25) is 0 Å². The van der Waals surface area contributed by atoms with Crippen molar-refractivity contribution in [1.82, 2.24) is 19.8 Å². The number of benzene rings is 1. The molecule has 8 nitrogen and oxygen atoms in total. The lowest BCUT2D eigenvalue weighted by molar-refractivity contribution is 0.0322. The number of piperidine rings is 1. The predicted octanol–water partition coefficient (Wildman–Crippen LogP) is 4.18. The molecule has 0 radical (unpaired) electrons. The molecule has 0 unspecified atom stereocenters. The molecule has 2 aromatic heterocycles. The summed E-state index contributed by atoms with van der Waals surface area (Å²) in [6.45, 7) is 12.1. The van der Waals surface area contributed by atoms with E-state index in [0.29, 0.717) is 23.4 Å². The second kappa shape index (κ2) is 10.9. The average Bonchev–Trinajstić information content (AvgIpc) is 3.35. The highest BCUT2D eigenvalue weighted by atomic mass is 32.1. The first kappa shape index (κ1) is 23.9. The quantitative estimate of drug-likeness (QED) is 0.526. The normalized spacial score (nSPS) is 18.0. The predicted molar refractivity (Wildman–Crippen MR) is 138 cm³/mol. The van der Waals surface area contributed by atoms with E-state index >= 15 is 0 Å². The van der Waals surface area contributed by atoms with Gasteiger partial charge < -0.3 is 19.7 Å². The van der Waals surface area contributed by atoms with Crippen LogP contribution in [-0.2, 0) is 4.74 Å². The third-order valence-electron chi connectivity index (χ3n) is 6.84. The van der Waals surface area contributed by atoms with E-state index in [2.05, 4.69) is 21.2 Å². The van der Waals surface area contributed by atoms with Crippen LogP contribution >= 0.6 is 11.3 Å². The van der Waals surface area contributed by atoms with E-state index in [1.54, 1.807) is 11.3 Å². The van der Waals surface area contributed by atoms with Gasteiger partial charge in [0.1, 0.15) is 10.6 Å². The highest BCUT2D eigenvalue weighted by molar-refractivity contribution is 7.16. The number of likely N-dealkylation sites (tertiary alicyclic amines) is 1. The van der Waals surface area contributed by atoms with Gasteiger partial charge in [0.15, 0.2) is 0 Å². The highest BCUT2D eigenvalue weighted by Gasteiger charge is 2.22. The summed E-state index contributed by atoms with van der Waals surface area (Å²) in [5.74, 6) is 1.91. The number of hydrogen-bond acceptors (Lipinski definition) is 9. The Bertz CT molecular complexity index is 1190. The van der Waals surface area contributed by atoms with Gasteiger partial charge in [-0.25, -0.2) is 4.98 Å². The minimum absolute atomic E-state index is 0.346. The molecule has 4 heterocycles. The lowest BCUT2D eigenvalue weighted by atomic mass is 10.1. The van der Waals surface area contributed by atoms with Crippen molar-refractivity contribution in [3.63, 3.8) is 0 Å². The summed E-state index contributed by atoms with van der Waals surface area (Å²) in [5.41, 5.74) is 2.47. The summed E-state index contributed by atoms with van der Waals surface area (Å²) in [4.78, 5) is 15.5. The van der Waals surface area contributed by atoms with Crippen LogP contribution in [0.15, 0.2) is 23.6 Å². The second-order valence-electron chi connectivity index (χ2n) is 9.36. The molecule has 184 valence electrons. The Balaban J connectivity index is 1.24. The SMILES string of the molecule is Cc1cc(C#N)cc(C)c1Oc1nc(NC2CCN(CCN3CCOCC3)CC2)nc2sccc12. The number of anilines is 1. The van der Waals surface area contributed by atoms with Crippen LogP contribution in [0.25, 0.3) is 10.2 Å². The molecular weight excluding hydrogens is 460 g/mol. The van der Waals surface area contributed by atoms with Crippen LogP contribution in [0, 0.1) is 25.2 Å². The molecule has 3 aromatic rings. The second-order valence-corrected chi connectivity index (χ2v) is 10.3. The third kappa shape index (κ3) is 5.73. The fourth-order valence-corrected chi connectivity index (χ4v) is 5.59. The minimum Gasteiger partial charge on any atom is -0.438 e. The molecule has 0 saturated carbocycles. The number of morpholine rings is 1. The molecule has 2 aliphatic rings. The van der Waals surface area contributed by atoms with E-state index in [1.165, 1.54) is 0 Å². The smallest absolute Gasteiger partial charge is 0.232 e. The number of rotatable bonds is 7. The maximum absolute atomic E-state index is 9.25. The Labute approximate surface area is 210 Å². The first-order valence-corrected chi connectivity index (χ1v) is 13.2. The highest BCUT2D eigenvalue weighted by Crippen LogP contribution is 2.35. The van der Waals surface area contributed by atoms with E-state index in [4.69, 9.17) is 19.4 Å². The van der Waals surface area contributed by atoms with Crippen LogP contribution in [-0.4, -0.2) is 78.3 Å². The van der Waals surface area contributed by atoms with Crippen molar-refractivity contribution in [3.8, 4) is 17.7 Å². The van der Waals surface area contributed by atoms with Crippen LogP contribution in [0.4, 0.5) is 5.95 Å². The van der Waals surface area contributed by atoms with E-state index in [-0.39, 0.29) is 0 Å². The van der Waals surface area contributed by atoms with E-state index in [1.807, 2.05) is 37.4 Å². The van der Waals surface area contributed by atoms with E-state index < -0.39 is 0 Å².